The first kappa shape index (κ1) is 32.1. The Hall–Kier alpha value is -5.46. The van der Waals surface area contributed by atoms with Crippen LogP contribution in [0.15, 0.2) is 82.6 Å². The minimum atomic E-state index is -2.54. The average Bonchev–Trinajstić information content (AvgIpc) is 3.51. The summed E-state index contributed by atoms with van der Waals surface area (Å²) in [5.74, 6) is -5.39. The van der Waals surface area contributed by atoms with Crippen molar-refractivity contribution < 1.29 is 48.4 Å². The fourth-order valence-electron chi connectivity index (χ4n) is 7.49. The average molecular weight is 667 g/mol. The van der Waals surface area contributed by atoms with E-state index in [4.69, 9.17) is 18.7 Å². The monoisotopic (exact) mass is 666 g/mol. The van der Waals surface area contributed by atoms with Crippen molar-refractivity contribution in [3.63, 3.8) is 0 Å². The summed E-state index contributed by atoms with van der Waals surface area (Å²) in [6.07, 6.45) is 0.237. The molecule has 0 amide bonds. The van der Waals surface area contributed by atoms with Crippen LogP contribution in [0.2, 0.25) is 0 Å². The molecule has 0 saturated heterocycles. The third-order valence-corrected chi connectivity index (χ3v) is 9.73. The number of aromatic nitrogens is 1. The van der Waals surface area contributed by atoms with E-state index in [1.807, 2.05) is 36.4 Å². The summed E-state index contributed by atoms with van der Waals surface area (Å²) >= 11 is 0. The van der Waals surface area contributed by atoms with Crippen molar-refractivity contribution in [2.75, 3.05) is 21.2 Å². The van der Waals surface area contributed by atoms with Crippen LogP contribution in [0.5, 0.6) is 17.4 Å². The van der Waals surface area contributed by atoms with Gasteiger partial charge >= 0.3 is 5.97 Å². The maximum absolute atomic E-state index is 14.6. The number of carbonyl (C=O) groups excluding carboxylic acids is 2. The third-order valence-electron chi connectivity index (χ3n) is 9.73. The fourth-order valence-corrected chi connectivity index (χ4v) is 7.49. The van der Waals surface area contributed by atoms with Gasteiger partial charge in [-0.3, -0.25) is 14.5 Å². The van der Waals surface area contributed by atoms with Crippen molar-refractivity contribution in [3.05, 3.63) is 117 Å². The van der Waals surface area contributed by atoms with Crippen LogP contribution >= 0.6 is 0 Å². The number of aromatic carboxylic acids is 1. The van der Waals surface area contributed by atoms with Gasteiger partial charge in [0.05, 0.1) is 18.7 Å². The molecular formula is C37H34N2O10. The number of allylic oxidation sites excluding steroid dienone is 1. The van der Waals surface area contributed by atoms with Gasteiger partial charge in [0.1, 0.15) is 41.6 Å². The lowest BCUT2D eigenvalue weighted by molar-refractivity contribution is -0.0559. The van der Waals surface area contributed by atoms with Crippen molar-refractivity contribution >= 4 is 17.5 Å². The number of nitrogens with zero attached hydrogens (tertiary/aromatic N) is 2. The number of carboxylic acids is 1. The number of carboxylic acid groups (broad SMARTS) is 1. The molecule has 3 aromatic carbocycles. The predicted octanol–water partition coefficient (Wildman–Crippen LogP) is 4.96. The maximum atomic E-state index is 14.6. The molecule has 4 aromatic rings. The predicted molar refractivity (Wildman–Crippen MR) is 173 cm³/mol. The lowest BCUT2D eigenvalue weighted by Gasteiger charge is -2.49. The van der Waals surface area contributed by atoms with Gasteiger partial charge in [-0.15, -0.1) is 0 Å². The molecule has 12 nitrogen and oxygen atoms in total. The number of fused-ring (bicyclic) bond motifs is 4. The second kappa shape index (κ2) is 12.2. The molecule has 0 radical (unpaired) electrons. The molecule has 0 saturated carbocycles. The Labute approximate surface area is 281 Å². The van der Waals surface area contributed by atoms with Crippen LogP contribution in [0.3, 0.4) is 0 Å². The lowest BCUT2D eigenvalue weighted by atomic mass is 9.58. The Morgan fingerprint density at radius 2 is 1.63 bits per heavy atom. The van der Waals surface area contributed by atoms with Gasteiger partial charge in [-0.2, -0.15) is 0 Å². The Morgan fingerprint density at radius 3 is 2.22 bits per heavy atom. The molecule has 7 rings (SSSR count). The molecule has 49 heavy (non-hydrogen) atoms. The largest absolute Gasteiger partial charge is 0.508 e. The van der Waals surface area contributed by atoms with E-state index in [2.05, 4.69) is 5.16 Å². The van der Waals surface area contributed by atoms with Gasteiger partial charge in [-0.25, -0.2) is 4.79 Å². The van der Waals surface area contributed by atoms with Crippen LogP contribution in [-0.2, 0) is 19.6 Å². The van der Waals surface area contributed by atoms with Crippen LogP contribution in [0, 0.1) is 11.8 Å². The second-order valence-corrected chi connectivity index (χ2v) is 12.7. The highest BCUT2D eigenvalue weighted by Gasteiger charge is 2.64. The standard InChI is InChI=1S/C37H34N2O10/c1-39(2)29-24-15-21-14-22-25(46-3)16-23(36(43)44)31(47-17-19-10-6-4-7-11-19)27(22)30(40)26(21)33(41)37(24,45)34(42)28-32(29)49-38-35(28)48-18-20-12-8-5-9-13-20/h4-13,16,21,24,29,41,45H,14-15,17-18H2,1-3H3,(H,43,44)/t21-,24-,29-,37-/m0/s1. The van der Waals surface area contributed by atoms with Crippen molar-refractivity contribution in [2.24, 2.45) is 11.8 Å². The van der Waals surface area contributed by atoms with Gasteiger partial charge in [-0.1, -0.05) is 60.7 Å². The van der Waals surface area contributed by atoms with Gasteiger partial charge in [0.25, 0.3) is 5.88 Å². The molecule has 0 spiro atoms. The molecule has 0 bridgehead atoms. The molecule has 3 N–H and O–H groups in total. The highest BCUT2D eigenvalue weighted by Crippen LogP contribution is 2.57. The van der Waals surface area contributed by atoms with Crippen molar-refractivity contribution in [2.45, 2.75) is 37.7 Å². The Balaban J connectivity index is 1.35. The number of hydrogen-bond donors (Lipinski definition) is 3. The molecule has 3 aliphatic carbocycles. The molecule has 252 valence electrons. The zero-order valence-electron chi connectivity index (χ0n) is 27.0. The summed E-state index contributed by atoms with van der Waals surface area (Å²) in [5, 5.41) is 38.6. The Morgan fingerprint density at radius 1 is 1.00 bits per heavy atom. The summed E-state index contributed by atoms with van der Waals surface area (Å²) in [7, 11) is 4.88. The first-order chi connectivity index (χ1) is 23.6. The smallest absolute Gasteiger partial charge is 0.339 e. The third kappa shape index (κ3) is 5.06. The first-order valence-electron chi connectivity index (χ1n) is 15.8. The highest BCUT2D eigenvalue weighted by atomic mass is 16.5. The number of carbonyl (C=O) groups is 3. The van der Waals surface area contributed by atoms with Gasteiger partial charge in [0.15, 0.2) is 17.1 Å². The van der Waals surface area contributed by atoms with E-state index >= 15 is 0 Å². The normalized spacial score (nSPS) is 22.6. The van der Waals surface area contributed by atoms with Crippen molar-refractivity contribution in [1.82, 2.24) is 10.1 Å². The SMILES string of the molecule is COc1cc(C(=O)O)c(OCc2ccccc2)c2c1C[C@H]1C[C@H]3[C@H](N(C)C)c4onc(OCc5ccccc5)c4C(=O)[C@@]3(O)C(O)=C1C2=O. The molecule has 0 aliphatic heterocycles. The highest BCUT2D eigenvalue weighted by molar-refractivity contribution is 6.17. The molecule has 0 unspecified atom stereocenters. The van der Waals surface area contributed by atoms with E-state index in [0.29, 0.717) is 5.56 Å². The number of methoxy groups -OCH3 is 1. The topological polar surface area (TPSA) is 169 Å². The van der Waals surface area contributed by atoms with E-state index < -0.39 is 46.8 Å². The molecule has 12 heteroatoms. The molecule has 4 atom stereocenters. The summed E-state index contributed by atoms with van der Waals surface area (Å²) in [6.45, 7) is 0.0180. The number of aliphatic hydroxyl groups is 2. The Kier molecular flexibility index (Phi) is 8.00. The van der Waals surface area contributed by atoms with E-state index in [-0.39, 0.29) is 71.5 Å². The number of hydrogen-bond acceptors (Lipinski definition) is 11. The van der Waals surface area contributed by atoms with E-state index in [1.54, 1.807) is 43.3 Å². The van der Waals surface area contributed by atoms with Crippen LogP contribution in [0.4, 0.5) is 0 Å². The zero-order valence-corrected chi connectivity index (χ0v) is 27.0. The number of ether oxygens (including phenoxy) is 3. The molecule has 1 heterocycles. The van der Waals surface area contributed by atoms with Gasteiger partial charge in [0, 0.05) is 17.1 Å². The number of Topliss-reactive ketones (excluding diaryl/α,β-unsaturated/α-hetero) is 2. The second-order valence-electron chi connectivity index (χ2n) is 12.7. The minimum absolute atomic E-state index is 0.0430. The van der Waals surface area contributed by atoms with E-state index in [0.717, 1.165) is 11.1 Å². The number of ketones is 2. The Bertz CT molecular complexity index is 2000. The summed E-state index contributed by atoms with van der Waals surface area (Å²) in [6, 6.07) is 18.8. The zero-order chi connectivity index (χ0) is 34.6. The van der Waals surface area contributed by atoms with Gasteiger partial charge in [-0.05, 0) is 55.2 Å². The van der Waals surface area contributed by atoms with Crippen LogP contribution in [0.1, 0.15) is 66.0 Å². The quantitative estimate of drug-likeness (QED) is 0.220. The fraction of sp³-hybridized carbons (Fsp3) is 0.297. The minimum Gasteiger partial charge on any atom is -0.508 e. The van der Waals surface area contributed by atoms with Gasteiger partial charge in [0.2, 0.25) is 5.78 Å². The molecule has 1 aromatic heterocycles. The number of benzene rings is 3. The van der Waals surface area contributed by atoms with Crippen LogP contribution < -0.4 is 14.2 Å². The van der Waals surface area contributed by atoms with Crippen molar-refractivity contribution in [1.29, 1.82) is 0 Å². The summed E-state index contributed by atoms with van der Waals surface area (Å²) in [5.41, 5.74) is -1.30. The van der Waals surface area contributed by atoms with Gasteiger partial charge < -0.3 is 34.1 Å². The molecule has 3 aliphatic rings. The molecular weight excluding hydrogens is 632 g/mol. The summed E-state index contributed by atoms with van der Waals surface area (Å²) in [4.78, 5) is 43.2. The number of rotatable bonds is 9. The first-order valence-corrected chi connectivity index (χ1v) is 15.8. The van der Waals surface area contributed by atoms with Crippen LogP contribution in [0.25, 0.3) is 0 Å². The van der Waals surface area contributed by atoms with E-state index in [9.17, 15) is 29.7 Å². The van der Waals surface area contributed by atoms with E-state index in [1.165, 1.54) is 13.2 Å². The molecule has 0 fully saturated rings. The van der Waals surface area contributed by atoms with Crippen molar-refractivity contribution in [3.8, 4) is 17.4 Å². The number of aliphatic hydroxyl groups excluding tert-OH is 1. The summed E-state index contributed by atoms with van der Waals surface area (Å²) < 4.78 is 23.2. The van der Waals surface area contributed by atoms with Crippen LogP contribution in [-0.4, -0.2) is 69.7 Å². The lowest BCUT2D eigenvalue weighted by Crippen LogP contribution is -2.59. The maximum Gasteiger partial charge on any atom is 0.339 e.